The van der Waals surface area contributed by atoms with Gasteiger partial charge in [-0.15, -0.1) is 0 Å². The van der Waals surface area contributed by atoms with Gasteiger partial charge in [0.1, 0.15) is 11.9 Å². The largest absolute Gasteiger partial charge is 0.354 e. The number of nitro groups is 1. The first kappa shape index (κ1) is 19.3. The van der Waals surface area contributed by atoms with Crippen molar-refractivity contribution in [3.63, 3.8) is 0 Å². The van der Waals surface area contributed by atoms with Gasteiger partial charge in [0.25, 0.3) is 0 Å². The van der Waals surface area contributed by atoms with E-state index in [1.807, 2.05) is 11.0 Å². The molecule has 1 aromatic carbocycles. The Hall–Kier alpha value is -3.03. The first-order valence-corrected chi connectivity index (χ1v) is 10.8. The third-order valence-electron chi connectivity index (χ3n) is 5.43. The number of hydrogen-bond donors (Lipinski definition) is 0. The van der Waals surface area contributed by atoms with Crippen LogP contribution in [-0.2, 0) is 22.9 Å². The van der Waals surface area contributed by atoms with Gasteiger partial charge in [0.05, 0.1) is 9.82 Å². The van der Waals surface area contributed by atoms with Gasteiger partial charge in [-0.1, -0.05) is 6.07 Å². The van der Waals surface area contributed by atoms with E-state index in [4.69, 9.17) is 5.26 Å². The predicted molar refractivity (Wildman–Crippen MR) is 105 cm³/mol. The van der Waals surface area contributed by atoms with E-state index in [2.05, 4.69) is 4.98 Å². The second-order valence-corrected chi connectivity index (χ2v) is 9.02. The smallest absolute Gasteiger partial charge is 0.305 e. The van der Waals surface area contributed by atoms with E-state index in [1.54, 1.807) is 18.2 Å². The summed E-state index contributed by atoms with van der Waals surface area (Å²) in [5.74, 6) is 0.432. The number of pyridine rings is 1. The standard InChI is InChI=1S/C19H19N5O4S/c20-13-17-18(24(25)26)6-7-19(21-17)22-8-10-23(11-9-22)29(27,28)16-5-4-14-2-1-3-15(14)12-16/h4-7,12H,1-3,8-11H2. The van der Waals surface area contributed by atoms with Crippen molar-refractivity contribution in [2.75, 3.05) is 31.1 Å². The Morgan fingerprint density at radius 1 is 1.07 bits per heavy atom. The molecule has 150 valence electrons. The van der Waals surface area contributed by atoms with Crippen molar-refractivity contribution in [1.29, 1.82) is 5.26 Å². The van der Waals surface area contributed by atoms with Crippen LogP contribution in [-0.4, -0.2) is 48.8 Å². The zero-order valence-electron chi connectivity index (χ0n) is 15.6. The lowest BCUT2D eigenvalue weighted by Gasteiger charge is -2.34. The summed E-state index contributed by atoms with van der Waals surface area (Å²) in [7, 11) is -3.58. The van der Waals surface area contributed by atoms with E-state index in [-0.39, 0.29) is 24.5 Å². The quantitative estimate of drug-likeness (QED) is 0.554. The van der Waals surface area contributed by atoms with Crippen molar-refractivity contribution >= 4 is 21.5 Å². The molecule has 2 aliphatic rings. The number of benzene rings is 1. The predicted octanol–water partition coefficient (Wildman–Crippen LogP) is 1.86. The van der Waals surface area contributed by atoms with Crippen LogP contribution < -0.4 is 4.90 Å². The molecule has 1 aliphatic heterocycles. The fraction of sp³-hybridized carbons (Fsp3) is 0.368. The minimum Gasteiger partial charge on any atom is -0.354 e. The summed E-state index contributed by atoms with van der Waals surface area (Å²) in [6, 6.07) is 9.88. The van der Waals surface area contributed by atoms with Gasteiger partial charge >= 0.3 is 5.69 Å². The van der Waals surface area contributed by atoms with Crippen molar-refractivity contribution in [2.24, 2.45) is 0 Å². The van der Waals surface area contributed by atoms with Gasteiger partial charge in [-0.3, -0.25) is 10.1 Å². The summed E-state index contributed by atoms with van der Waals surface area (Å²) in [4.78, 5) is 16.5. The Labute approximate surface area is 168 Å². The third-order valence-corrected chi connectivity index (χ3v) is 7.33. The average Bonchev–Trinajstić information content (AvgIpc) is 3.21. The topological polar surface area (TPSA) is 120 Å². The molecular formula is C19H19N5O4S. The SMILES string of the molecule is N#Cc1nc(N2CCN(S(=O)(=O)c3ccc4c(c3)CCC4)CC2)ccc1[N+](=O)[O-]. The minimum absolute atomic E-state index is 0.249. The number of nitrogens with zero attached hydrogens (tertiary/aromatic N) is 5. The highest BCUT2D eigenvalue weighted by atomic mass is 32.2. The zero-order valence-corrected chi connectivity index (χ0v) is 16.4. The summed E-state index contributed by atoms with van der Waals surface area (Å²) in [5.41, 5.74) is 1.75. The van der Waals surface area contributed by atoms with Gasteiger partial charge in [-0.05, 0) is 48.6 Å². The number of aryl methyl sites for hydroxylation is 2. The molecule has 1 saturated heterocycles. The Morgan fingerprint density at radius 3 is 2.48 bits per heavy atom. The molecule has 0 N–H and O–H groups in total. The van der Waals surface area contributed by atoms with E-state index in [9.17, 15) is 18.5 Å². The molecular weight excluding hydrogens is 394 g/mol. The second kappa shape index (κ2) is 7.42. The van der Waals surface area contributed by atoms with E-state index >= 15 is 0 Å². The molecule has 29 heavy (non-hydrogen) atoms. The van der Waals surface area contributed by atoms with Crippen LogP contribution in [0.2, 0.25) is 0 Å². The third kappa shape index (κ3) is 3.54. The molecule has 10 heteroatoms. The highest BCUT2D eigenvalue weighted by molar-refractivity contribution is 7.89. The van der Waals surface area contributed by atoms with Gasteiger partial charge in [0, 0.05) is 32.2 Å². The molecule has 0 radical (unpaired) electrons. The summed E-state index contributed by atoms with van der Waals surface area (Å²) in [5, 5.41) is 20.1. The van der Waals surface area contributed by atoms with Crippen molar-refractivity contribution in [3.05, 3.63) is 57.3 Å². The number of sulfonamides is 1. The molecule has 2 aromatic rings. The first-order valence-electron chi connectivity index (χ1n) is 9.32. The van der Waals surface area contributed by atoms with Gasteiger partial charge in [-0.2, -0.15) is 9.57 Å². The van der Waals surface area contributed by atoms with Gasteiger partial charge in [-0.25, -0.2) is 13.4 Å². The molecule has 0 atom stereocenters. The first-order chi connectivity index (χ1) is 13.9. The summed E-state index contributed by atoms with van der Waals surface area (Å²) >= 11 is 0. The molecule has 1 aliphatic carbocycles. The molecule has 9 nitrogen and oxygen atoms in total. The molecule has 0 spiro atoms. The number of anilines is 1. The Morgan fingerprint density at radius 2 is 1.79 bits per heavy atom. The molecule has 0 saturated carbocycles. The Bertz CT molecular complexity index is 1120. The fourth-order valence-corrected chi connectivity index (χ4v) is 5.34. The molecule has 1 fully saturated rings. The minimum atomic E-state index is -3.58. The van der Waals surface area contributed by atoms with Gasteiger partial charge in [0.2, 0.25) is 15.7 Å². The van der Waals surface area contributed by atoms with Gasteiger partial charge in [0.15, 0.2) is 0 Å². The maximum Gasteiger partial charge on any atom is 0.305 e. The molecule has 1 aromatic heterocycles. The lowest BCUT2D eigenvalue weighted by atomic mass is 10.1. The molecule has 0 amide bonds. The van der Waals surface area contributed by atoms with E-state index in [1.165, 1.54) is 22.0 Å². The monoisotopic (exact) mass is 413 g/mol. The maximum atomic E-state index is 13.0. The number of rotatable bonds is 4. The van der Waals surface area contributed by atoms with Crippen molar-refractivity contribution in [1.82, 2.24) is 9.29 Å². The highest BCUT2D eigenvalue weighted by Crippen LogP contribution is 2.27. The summed E-state index contributed by atoms with van der Waals surface area (Å²) in [6.07, 6.45) is 2.98. The lowest BCUT2D eigenvalue weighted by molar-refractivity contribution is -0.385. The van der Waals surface area contributed by atoms with Crippen LogP contribution in [0.15, 0.2) is 35.2 Å². The Balaban J connectivity index is 1.49. The number of nitriles is 1. The summed E-state index contributed by atoms with van der Waals surface area (Å²) < 4.78 is 27.5. The molecule has 0 bridgehead atoms. The maximum absolute atomic E-state index is 13.0. The van der Waals surface area contributed by atoms with E-state index < -0.39 is 14.9 Å². The number of fused-ring (bicyclic) bond motifs is 1. The molecule has 4 rings (SSSR count). The van der Waals surface area contributed by atoms with Crippen molar-refractivity contribution in [3.8, 4) is 6.07 Å². The second-order valence-electron chi connectivity index (χ2n) is 7.08. The number of hydrogen-bond acceptors (Lipinski definition) is 7. The van der Waals surface area contributed by atoms with Crippen LogP contribution in [0.4, 0.5) is 11.5 Å². The van der Waals surface area contributed by atoms with Crippen LogP contribution in [0.3, 0.4) is 0 Å². The van der Waals surface area contributed by atoms with Crippen molar-refractivity contribution < 1.29 is 13.3 Å². The Kier molecular flexibility index (Phi) is 4.94. The fourth-order valence-electron chi connectivity index (χ4n) is 3.86. The normalized spacial score (nSPS) is 17.0. The molecule has 0 unspecified atom stereocenters. The summed E-state index contributed by atoms with van der Waals surface area (Å²) in [6.45, 7) is 1.33. The highest BCUT2D eigenvalue weighted by Gasteiger charge is 2.30. The van der Waals surface area contributed by atoms with E-state index in [0.29, 0.717) is 23.8 Å². The lowest BCUT2D eigenvalue weighted by Crippen LogP contribution is -2.49. The van der Waals surface area contributed by atoms with Crippen LogP contribution in [0.25, 0.3) is 0 Å². The number of aromatic nitrogens is 1. The van der Waals surface area contributed by atoms with Gasteiger partial charge < -0.3 is 4.90 Å². The van der Waals surface area contributed by atoms with Crippen molar-refractivity contribution in [2.45, 2.75) is 24.2 Å². The average molecular weight is 413 g/mol. The molecule has 2 heterocycles. The zero-order chi connectivity index (χ0) is 20.6. The van der Waals surface area contributed by atoms with Crippen LogP contribution in [0, 0.1) is 21.4 Å². The van der Waals surface area contributed by atoms with Crippen LogP contribution in [0.5, 0.6) is 0 Å². The van der Waals surface area contributed by atoms with Crippen LogP contribution in [0.1, 0.15) is 23.2 Å². The van der Waals surface area contributed by atoms with E-state index in [0.717, 1.165) is 24.8 Å². The number of piperazine rings is 1. The van der Waals surface area contributed by atoms with Crippen LogP contribution >= 0.6 is 0 Å².